The summed E-state index contributed by atoms with van der Waals surface area (Å²) in [6.45, 7) is 5.00. The Bertz CT molecular complexity index is 406. The van der Waals surface area contributed by atoms with Crippen molar-refractivity contribution in [2.75, 3.05) is 39.8 Å². The summed E-state index contributed by atoms with van der Waals surface area (Å²) in [5.74, 6) is -1.00. The van der Waals surface area contributed by atoms with Crippen molar-refractivity contribution in [1.82, 2.24) is 15.5 Å². The first kappa shape index (κ1) is 14.4. The zero-order valence-corrected chi connectivity index (χ0v) is 11.3. The molecule has 0 radical (unpaired) electrons. The molecule has 106 valence electrons. The quantitative estimate of drug-likeness (QED) is 0.848. The minimum atomic E-state index is -0.529. The van der Waals surface area contributed by atoms with Crippen LogP contribution in [0.2, 0.25) is 0 Å². The molecule has 0 spiro atoms. The maximum absolute atomic E-state index is 13.7. The van der Waals surface area contributed by atoms with Gasteiger partial charge in [-0.15, -0.1) is 0 Å². The molecule has 3 nitrogen and oxygen atoms in total. The Labute approximate surface area is 113 Å². The second-order valence-electron chi connectivity index (χ2n) is 4.89. The third-order valence-electron chi connectivity index (χ3n) is 3.63. The van der Waals surface area contributed by atoms with Gasteiger partial charge in [-0.3, -0.25) is 0 Å². The van der Waals surface area contributed by atoms with E-state index in [2.05, 4.69) is 15.5 Å². The molecule has 1 fully saturated rings. The number of piperazine rings is 1. The molecule has 1 atom stereocenters. The molecule has 0 aliphatic carbocycles. The van der Waals surface area contributed by atoms with Crippen molar-refractivity contribution < 1.29 is 8.78 Å². The second-order valence-corrected chi connectivity index (χ2v) is 4.89. The lowest BCUT2D eigenvalue weighted by Crippen LogP contribution is -2.44. The number of rotatable bonds is 5. The van der Waals surface area contributed by atoms with E-state index in [0.29, 0.717) is 5.56 Å². The zero-order valence-electron chi connectivity index (χ0n) is 11.3. The molecule has 19 heavy (non-hydrogen) atoms. The van der Waals surface area contributed by atoms with Crippen LogP contribution in [-0.4, -0.2) is 44.7 Å². The van der Waals surface area contributed by atoms with Crippen LogP contribution in [0.25, 0.3) is 0 Å². The van der Waals surface area contributed by atoms with Crippen molar-refractivity contribution in [3.63, 3.8) is 0 Å². The van der Waals surface area contributed by atoms with E-state index in [4.69, 9.17) is 0 Å². The van der Waals surface area contributed by atoms with Gasteiger partial charge in [0.05, 0.1) is 0 Å². The normalized spacial score (nSPS) is 18.5. The molecule has 1 aliphatic rings. The lowest BCUT2D eigenvalue weighted by molar-refractivity contribution is 0.229. The fraction of sp³-hybridized carbons (Fsp3) is 0.571. The summed E-state index contributed by atoms with van der Waals surface area (Å²) in [6.07, 6.45) is 0.819. The van der Waals surface area contributed by atoms with Crippen molar-refractivity contribution in [2.45, 2.75) is 12.5 Å². The number of halogens is 2. The first-order valence-electron chi connectivity index (χ1n) is 6.76. The molecule has 1 heterocycles. The highest BCUT2D eigenvalue weighted by Crippen LogP contribution is 2.21. The van der Waals surface area contributed by atoms with Gasteiger partial charge in [-0.2, -0.15) is 0 Å². The van der Waals surface area contributed by atoms with Gasteiger partial charge >= 0.3 is 0 Å². The number of benzene rings is 1. The Morgan fingerprint density at radius 1 is 1.32 bits per heavy atom. The molecule has 1 unspecified atom stereocenters. The molecule has 0 saturated carbocycles. The Hall–Kier alpha value is -1.04. The number of nitrogens with one attached hydrogen (secondary N) is 2. The molecule has 1 aliphatic heterocycles. The molecular formula is C14H21F2N3. The largest absolute Gasteiger partial charge is 0.314 e. The van der Waals surface area contributed by atoms with Gasteiger partial charge < -0.3 is 15.5 Å². The average Bonchev–Trinajstić information content (AvgIpc) is 2.42. The van der Waals surface area contributed by atoms with Gasteiger partial charge in [0.15, 0.2) is 0 Å². The molecule has 1 aromatic rings. The van der Waals surface area contributed by atoms with Crippen molar-refractivity contribution in [3.05, 3.63) is 35.4 Å². The van der Waals surface area contributed by atoms with Gasteiger partial charge in [-0.05, 0) is 19.5 Å². The number of hydrogen-bond acceptors (Lipinski definition) is 3. The van der Waals surface area contributed by atoms with Crippen LogP contribution in [0, 0.1) is 11.6 Å². The highest BCUT2D eigenvalue weighted by atomic mass is 19.1. The van der Waals surface area contributed by atoms with Crippen molar-refractivity contribution in [1.29, 1.82) is 0 Å². The lowest BCUT2D eigenvalue weighted by atomic mass is 10.0. The smallest absolute Gasteiger partial charge is 0.130 e. The summed E-state index contributed by atoms with van der Waals surface area (Å²) in [4.78, 5) is 2.36. The fourth-order valence-corrected chi connectivity index (χ4v) is 2.49. The monoisotopic (exact) mass is 269 g/mol. The SMILES string of the molecule is CNC(CCN1CCNCC1)c1ccc(F)cc1F. The van der Waals surface area contributed by atoms with Gasteiger partial charge in [0, 0.05) is 50.4 Å². The van der Waals surface area contributed by atoms with E-state index in [-0.39, 0.29) is 6.04 Å². The third-order valence-corrected chi connectivity index (χ3v) is 3.63. The van der Waals surface area contributed by atoms with Gasteiger partial charge in [-0.1, -0.05) is 6.07 Å². The third kappa shape index (κ3) is 3.96. The van der Waals surface area contributed by atoms with E-state index in [1.165, 1.54) is 12.1 Å². The topological polar surface area (TPSA) is 27.3 Å². The lowest BCUT2D eigenvalue weighted by Gasteiger charge is -2.29. The number of nitrogens with zero attached hydrogens (tertiary/aromatic N) is 1. The Kier molecular flexibility index (Phi) is 5.24. The van der Waals surface area contributed by atoms with Crippen LogP contribution >= 0.6 is 0 Å². The molecule has 2 N–H and O–H groups in total. The maximum Gasteiger partial charge on any atom is 0.130 e. The van der Waals surface area contributed by atoms with Crippen LogP contribution in [0.3, 0.4) is 0 Å². The van der Waals surface area contributed by atoms with Crippen molar-refractivity contribution in [3.8, 4) is 0 Å². The van der Waals surface area contributed by atoms with Crippen LogP contribution < -0.4 is 10.6 Å². The van der Waals surface area contributed by atoms with Crippen molar-refractivity contribution in [2.24, 2.45) is 0 Å². The highest BCUT2D eigenvalue weighted by molar-refractivity contribution is 5.22. The van der Waals surface area contributed by atoms with E-state index >= 15 is 0 Å². The Morgan fingerprint density at radius 2 is 2.05 bits per heavy atom. The highest BCUT2D eigenvalue weighted by Gasteiger charge is 2.17. The molecular weight excluding hydrogens is 248 g/mol. The average molecular weight is 269 g/mol. The summed E-state index contributed by atoms with van der Waals surface area (Å²) in [5.41, 5.74) is 0.541. The maximum atomic E-state index is 13.7. The summed E-state index contributed by atoms with van der Waals surface area (Å²) in [7, 11) is 1.81. The molecule has 5 heteroatoms. The van der Waals surface area contributed by atoms with Crippen LogP contribution in [0.5, 0.6) is 0 Å². The summed E-state index contributed by atoms with van der Waals surface area (Å²) >= 11 is 0. The minimum absolute atomic E-state index is 0.0736. The van der Waals surface area contributed by atoms with Gasteiger partial charge in [0.1, 0.15) is 11.6 Å². The van der Waals surface area contributed by atoms with Gasteiger partial charge in [0.2, 0.25) is 0 Å². The van der Waals surface area contributed by atoms with Crippen LogP contribution in [0.4, 0.5) is 8.78 Å². The van der Waals surface area contributed by atoms with E-state index in [9.17, 15) is 8.78 Å². The molecule has 2 rings (SSSR count). The molecule has 1 saturated heterocycles. The first-order valence-corrected chi connectivity index (χ1v) is 6.76. The predicted molar refractivity (Wildman–Crippen MR) is 72.1 cm³/mol. The zero-order chi connectivity index (χ0) is 13.7. The summed E-state index contributed by atoms with van der Waals surface area (Å²) in [6, 6.07) is 3.72. The summed E-state index contributed by atoms with van der Waals surface area (Å²) in [5, 5.41) is 6.42. The number of hydrogen-bond donors (Lipinski definition) is 2. The molecule has 0 bridgehead atoms. The standard InChI is InChI=1S/C14H21F2N3/c1-17-14(4-7-19-8-5-18-6-9-19)12-3-2-11(15)10-13(12)16/h2-3,10,14,17-18H,4-9H2,1H3. The fourth-order valence-electron chi connectivity index (χ4n) is 2.49. The van der Waals surface area contributed by atoms with Crippen molar-refractivity contribution >= 4 is 0 Å². The van der Waals surface area contributed by atoms with Gasteiger partial charge in [-0.25, -0.2) is 8.78 Å². The second kappa shape index (κ2) is 6.93. The predicted octanol–water partition coefficient (Wildman–Crippen LogP) is 1.52. The van der Waals surface area contributed by atoms with E-state index in [1.807, 2.05) is 7.05 Å². The van der Waals surface area contributed by atoms with E-state index < -0.39 is 11.6 Å². The first-order chi connectivity index (χ1) is 9.20. The molecule has 0 aromatic heterocycles. The van der Waals surface area contributed by atoms with E-state index in [1.54, 1.807) is 0 Å². The van der Waals surface area contributed by atoms with Crippen LogP contribution in [0.1, 0.15) is 18.0 Å². The minimum Gasteiger partial charge on any atom is -0.314 e. The molecule has 0 amide bonds. The van der Waals surface area contributed by atoms with Crippen LogP contribution in [0.15, 0.2) is 18.2 Å². The Morgan fingerprint density at radius 3 is 2.68 bits per heavy atom. The van der Waals surface area contributed by atoms with Crippen LogP contribution in [-0.2, 0) is 0 Å². The van der Waals surface area contributed by atoms with E-state index in [0.717, 1.165) is 45.2 Å². The van der Waals surface area contributed by atoms with Gasteiger partial charge in [0.25, 0.3) is 0 Å². The summed E-state index contributed by atoms with van der Waals surface area (Å²) < 4.78 is 26.7. The molecule has 1 aromatic carbocycles. The Balaban J connectivity index is 1.95.